The molecular formula is C33H84O7Si10. The van der Waals surface area contributed by atoms with Crippen molar-refractivity contribution in [2.75, 3.05) is 0 Å². The van der Waals surface area contributed by atoms with E-state index in [0.717, 1.165) is 5.54 Å². The number of rotatable bonds is 18. The zero-order valence-corrected chi connectivity index (χ0v) is 46.6. The molecule has 7 nitrogen and oxygen atoms in total. The molecule has 0 radical (unpaired) electrons. The van der Waals surface area contributed by atoms with Crippen LogP contribution in [0, 0.1) is 0 Å². The topological polar surface area (TPSA) is 64.6 Å². The standard InChI is InChI=1S/C22H56O5Si7.C11H28O2Si3/c1-28(2)23-33(24-29(3)4,21-17-13-11-14-18-21)26-32(9,10)27-34(31(7)8,25-30(5)6)22-19-15-12-16-20-22;1-14(2)12-16(5,13-15(3)4)11-9-7-6-8-10-11/h21-22,28-31H,11-20H2,1-10H3;11,14-15H,6-10H2,1-5H3. The lowest BCUT2D eigenvalue weighted by Crippen LogP contribution is -2.68. The fraction of sp³-hybridized carbons (Fsp3) is 1.00. The average molecular weight is 874 g/mol. The van der Waals surface area contributed by atoms with E-state index >= 15 is 0 Å². The van der Waals surface area contributed by atoms with Gasteiger partial charge in [-0.15, -0.1) is 0 Å². The van der Waals surface area contributed by atoms with Crippen LogP contribution in [0.15, 0.2) is 0 Å². The van der Waals surface area contributed by atoms with Crippen molar-refractivity contribution >= 4 is 87.5 Å². The fourth-order valence-corrected chi connectivity index (χ4v) is 59.5. The molecule has 3 aliphatic rings. The van der Waals surface area contributed by atoms with Crippen LogP contribution < -0.4 is 0 Å². The summed E-state index contributed by atoms with van der Waals surface area (Å²) in [5.41, 5.74) is 1.86. The highest BCUT2D eigenvalue weighted by Crippen LogP contribution is 2.45. The average Bonchev–Trinajstić information content (AvgIpc) is 3.00. The molecule has 298 valence electrons. The van der Waals surface area contributed by atoms with Crippen molar-refractivity contribution < 1.29 is 28.8 Å². The second-order valence-corrected chi connectivity index (χ2v) is 52.9. The third-order valence-corrected chi connectivity index (χ3v) is 49.5. The maximum Gasteiger partial charge on any atom is 0.473 e. The summed E-state index contributed by atoms with van der Waals surface area (Å²) < 4.78 is 48.6. The summed E-state index contributed by atoms with van der Waals surface area (Å²) in [6, 6.07) is 0. The third-order valence-electron chi connectivity index (χ3n) is 10.4. The first-order valence-electron chi connectivity index (χ1n) is 21.0. The molecule has 17 heteroatoms. The van der Waals surface area contributed by atoms with Crippen LogP contribution in [-0.2, 0) is 28.8 Å². The van der Waals surface area contributed by atoms with Gasteiger partial charge >= 0.3 is 25.9 Å². The Morgan fingerprint density at radius 2 is 0.720 bits per heavy atom. The maximum absolute atomic E-state index is 7.48. The molecule has 0 amide bonds. The minimum absolute atomic E-state index is 0.448. The van der Waals surface area contributed by atoms with E-state index < -0.39 is 87.5 Å². The summed E-state index contributed by atoms with van der Waals surface area (Å²) in [6.45, 7) is 34.8. The first-order chi connectivity index (χ1) is 23.3. The van der Waals surface area contributed by atoms with Crippen LogP contribution in [0.5, 0.6) is 0 Å². The summed E-state index contributed by atoms with van der Waals surface area (Å²) in [6.07, 6.45) is 19.8. The highest BCUT2D eigenvalue weighted by Gasteiger charge is 2.58. The molecule has 1 atom stereocenters. The molecule has 3 aliphatic carbocycles. The largest absolute Gasteiger partial charge is 0.473 e. The fourth-order valence-electron chi connectivity index (χ4n) is 8.80. The predicted molar refractivity (Wildman–Crippen MR) is 242 cm³/mol. The molecule has 0 aromatic heterocycles. The van der Waals surface area contributed by atoms with E-state index in [0.29, 0.717) is 11.1 Å². The van der Waals surface area contributed by atoms with E-state index in [1.165, 1.54) is 96.3 Å². The van der Waals surface area contributed by atoms with Gasteiger partial charge in [-0.25, -0.2) is 0 Å². The molecule has 3 fully saturated rings. The second-order valence-electron chi connectivity index (χ2n) is 17.9. The van der Waals surface area contributed by atoms with Gasteiger partial charge in [0.2, 0.25) is 0 Å². The first-order valence-corrected chi connectivity index (χ1v) is 48.0. The van der Waals surface area contributed by atoms with E-state index in [1.807, 2.05) is 0 Å². The Hall–Kier alpha value is 1.89. The van der Waals surface area contributed by atoms with Gasteiger partial charge in [-0.3, -0.25) is 0 Å². The molecule has 50 heavy (non-hydrogen) atoms. The molecule has 0 bridgehead atoms. The normalized spacial score (nSPS) is 21.1. The molecular weight excluding hydrogens is 789 g/mol. The number of hydrogen-bond acceptors (Lipinski definition) is 7. The van der Waals surface area contributed by atoms with Crippen LogP contribution in [0.25, 0.3) is 0 Å². The molecule has 3 saturated carbocycles. The Morgan fingerprint density at radius 1 is 0.380 bits per heavy atom. The van der Waals surface area contributed by atoms with Crippen LogP contribution in [-0.4, -0.2) is 87.5 Å². The van der Waals surface area contributed by atoms with Gasteiger partial charge in [0.05, 0.1) is 8.31 Å². The van der Waals surface area contributed by atoms with Gasteiger partial charge in [-0.2, -0.15) is 0 Å². The Kier molecular flexibility index (Phi) is 21.7. The van der Waals surface area contributed by atoms with E-state index in [9.17, 15) is 0 Å². The lowest BCUT2D eigenvalue weighted by atomic mass is 10.0. The quantitative estimate of drug-likeness (QED) is 0.127. The highest BCUT2D eigenvalue weighted by atomic mass is 29.3. The van der Waals surface area contributed by atoms with Crippen molar-refractivity contribution in [2.45, 2.75) is 211 Å². The molecule has 0 saturated heterocycles. The Labute approximate surface area is 325 Å². The summed E-state index contributed by atoms with van der Waals surface area (Å²) in [5, 5.41) is 0. The smallest absolute Gasteiger partial charge is 0.442 e. The molecule has 3 rings (SSSR count). The maximum atomic E-state index is 7.48. The lowest BCUT2D eigenvalue weighted by Gasteiger charge is -2.50. The highest BCUT2D eigenvalue weighted by molar-refractivity contribution is 7.29. The summed E-state index contributed by atoms with van der Waals surface area (Å²) in [7, 11) is -16.6. The minimum atomic E-state index is -2.83. The van der Waals surface area contributed by atoms with Gasteiger partial charge in [-0.05, 0) is 129 Å². The first kappa shape index (κ1) is 48.0. The Bertz CT molecular complexity index is 909. The van der Waals surface area contributed by atoms with Crippen LogP contribution in [0.2, 0.25) is 115 Å². The van der Waals surface area contributed by atoms with Gasteiger partial charge in [0.15, 0.2) is 45.2 Å². The summed E-state index contributed by atoms with van der Waals surface area (Å²) >= 11 is 0. The van der Waals surface area contributed by atoms with E-state index in [4.69, 9.17) is 28.8 Å². The second kappa shape index (κ2) is 22.6. The molecule has 0 spiro atoms. The molecule has 0 aliphatic heterocycles. The lowest BCUT2D eigenvalue weighted by molar-refractivity contribution is 0.200. The molecule has 0 aromatic carbocycles. The monoisotopic (exact) mass is 872 g/mol. The molecule has 0 heterocycles. The Balaban J connectivity index is 0.000000452. The van der Waals surface area contributed by atoms with Gasteiger partial charge in [-0.1, -0.05) is 70.9 Å². The van der Waals surface area contributed by atoms with Crippen LogP contribution >= 0.6 is 0 Å². The number of hydrogen-bond donors (Lipinski definition) is 0. The van der Waals surface area contributed by atoms with Gasteiger partial charge in [0.25, 0.3) is 8.08 Å². The Morgan fingerprint density at radius 3 is 1.06 bits per heavy atom. The zero-order valence-electron chi connectivity index (χ0n) is 35.7. The van der Waals surface area contributed by atoms with Gasteiger partial charge < -0.3 is 28.8 Å². The van der Waals surface area contributed by atoms with Gasteiger partial charge in [0, 0.05) is 11.1 Å². The van der Waals surface area contributed by atoms with Crippen molar-refractivity contribution in [3.8, 4) is 0 Å². The van der Waals surface area contributed by atoms with Crippen molar-refractivity contribution in [2.24, 2.45) is 0 Å². The molecule has 0 aromatic rings. The van der Waals surface area contributed by atoms with Gasteiger partial charge in [0.1, 0.15) is 0 Å². The third kappa shape index (κ3) is 15.8. The summed E-state index contributed by atoms with van der Waals surface area (Å²) in [4.78, 5) is 0. The van der Waals surface area contributed by atoms with Crippen LogP contribution in [0.1, 0.15) is 96.3 Å². The molecule has 0 N–H and O–H groups in total. The van der Waals surface area contributed by atoms with E-state index in [2.05, 4.69) is 98.2 Å². The van der Waals surface area contributed by atoms with Crippen molar-refractivity contribution in [1.29, 1.82) is 0 Å². The van der Waals surface area contributed by atoms with Crippen molar-refractivity contribution in [1.82, 2.24) is 0 Å². The van der Waals surface area contributed by atoms with E-state index in [1.54, 1.807) is 0 Å². The molecule has 1 unspecified atom stereocenters. The van der Waals surface area contributed by atoms with Crippen LogP contribution in [0.4, 0.5) is 0 Å². The minimum Gasteiger partial charge on any atom is -0.442 e. The predicted octanol–water partition coefficient (Wildman–Crippen LogP) is 9.73. The van der Waals surface area contributed by atoms with E-state index in [-0.39, 0.29) is 0 Å². The summed E-state index contributed by atoms with van der Waals surface area (Å²) in [5.74, 6) is 0. The zero-order chi connectivity index (χ0) is 37.8. The van der Waals surface area contributed by atoms with Crippen molar-refractivity contribution in [3.05, 3.63) is 0 Å². The van der Waals surface area contributed by atoms with Crippen LogP contribution in [0.3, 0.4) is 0 Å². The SMILES string of the molecule is C[SiH](C)O[Si](C)(O[SiH](C)C)C1CCCCC1.C[SiH](C)O[Si](O[SiH](C)C)(O[Si](C)(C)O[Si](O[SiH](C)C)(C1CCCCC1)[SiH](C)C)C1CCCCC1. The van der Waals surface area contributed by atoms with Crippen molar-refractivity contribution in [3.63, 3.8) is 0 Å².